The monoisotopic (exact) mass is 253 g/mol. The lowest BCUT2D eigenvalue weighted by molar-refractivity contribution is -0.153. The fraction of sp³-hybridized carbons (Fsp3) is 0.857. The van der Waals surface area contributed by atoms with Gasteiger partial charge < -0.3 is 9.64 Å². The summed E-state index contributed by atoms with van der Waals surface area (Å²) in [5, 5.41) is 0. The van der Waals surface area contributed by atoms with Crippen LogP contribution >= 0.6 is 0 Å². The Kier molecular flexibility index (Phi) is 3.76. The topological polar surface area (TPSA) is 46.6 Å². The quantitative estimate of drug-likeness (QED) is 0.770. The average molecular weight is 253 g/mol. The summed E-state index contributed by atoms with van der Waals surface area (Å²) in [7, 11) is 1.56. The van der Waals surface area contributed by atoms with E-state index in [1.165, 1.54) is 0 Å². The lowest BCUT2D eigenvalue weighted by Gasteiger charge is -2.34. The smallest absolute Gasteiger partial charge is 0.254 e. The highest BCUT2D eigenvalue weighted by Crippen LogP contribution is 2.34. The second kappa shape index (κ2) is 5.00. The third-order valence-electron chi connectivity index (χ3n) is 4.40. The first-order valence-corrected chi connectivity index (χ1v) is 6.86. The van der Waals surface area contributed by atoms with Crippen LogP contribution in [0.25, 0.3) is 0 Å². The number of amides is 1. The Morgan fingerprint density at radius 2 is 2.06 bits per heavy atom. The molecular formula is C14H23NO3. The summed E-state index contributed by atoms with van der Waals surface area (Å²) in [6.45, 7) is 4.35. The SMILES string of the molecule is COC(C)(C)C(=O)N1CCCC1C1CCCC1=O. The number of ketones is 1. The van der Waals surface area contributed by atoms with Crippen molar-refractivity contribution in [2.45, 2.75) is 57.6 Å². The Bertz CT molecular complexity index is 351. The maximum Gasteiger partial charge on any atom is 0.254 e. The minimum atomic E-state index is -0.787. The first-order valence-electron chi connectivity index (χ1n) is 6.86. The minimum absolute atomic E-state index is 0.0206. The van der Waals surface area contributed by atoms with Crippen LogP contribution in [0.1, 0.15) is 46.0 Å². The van der Waals surface area contributed by atoms with Gasteiger partial charge in [-0.1, -0.05) is 0 Å². The Morgan fingerprint density at radius 3 is 2.61 bits per heavy atom. The van der Waals surface area contributed by atoms with Crippen LogP contribution in [-0.4, -0.2) is 41.9 Å². The summed E-state index contributed by atoms with van der Waals surface area (Å²) in [4.78, 5) is 26.2. The minimum Gasteiger partial charge on any atom is -0.369 e. The van der Waals surface area contributed by atoms with Crippen molar-refractivity contribution >= 4 is 11.7 Å². The number of Topliss-reactive ketones (excluding diaryl/α,β-unsaturated/α-hetero) is 1. The average Bonchev–Trinajstić information content (AvgIpc) is 2.95. The zero-order chi connectivity index (χ0) is 13.3. The number of carbonyl (C=O) groups is 2. The van der Waals surface area contributed by atoms with Gasteiger partial charge in [0.15, 0.2) is 0 Å². The number of hydrogen-bond acceptors (Lipinski definition) is 3. The fourth-order valence-electron chi connectivity index (χ4n) is 3.15. The van der Waals surface area contributed by atoms with Crippen molar-refractivity contribution in [1.29, 1.82) is 0 Å². The number of hydrogen-bond donors (Lipinski definition) is 0. The molecule has 1 saturated carbocycles. The Labute approximate surface area is 109 Å². The van der Waals surface area contributed by atoms with E-state index in [1.807, 2.05) is 4.90 Å². The van der Waals surface area contributed by atoms with Gasteiger partial charge in [-0.3, -0.25) is 9.59 Å². The van der Waals surface area contributed by atoms with Crippen molar-refractivity contribution in [1.82, 2.24) is 4.90 Å². The van der Waals surface area contributed by atoms with Crippen LogP contribution in [0.15, 0.2) is 0 Å². The molecule has 102 valence electrons. The zero-order valence-electron chi connectivity index (χ0n) is 11.6. The number of likely N-dealkylation sites (tertiary alicyclic amines) is 1. The summed E-state index contributed by atoms with van der Waals surface area (Å²) >= 11 is 0. The Balaban J connectivity index is 2.12. The second-order valence-corrected chi connectivity index (χ2v) is 5.89. The number of methoxy groups -OCH3 is 1. The van der Waals surface area contributed by atoms with Gasteiger partial charge in [0, 0.05) is 32.0 Å². The molecule has 2 atom stereocenters. The Morgan fingerprint density at radius 1 is 1.33 bits per heavy atom. The van der Waals surface area contributed by atoms with E-state index in [2.05, 4.69) is 0 Å². The predicted octanol–water partition coefficient (Wildman–Crippen LogP) is 1.77. The van der Waals surface area contributed by atoms with Crippen molar-refractivity contribution in [3.8, 4) is 0 Å². The molecule has 4 heteroatoms. The molecule has 2 unspecified atom stereocenters. The molecule has 0 radical (unpaired) electrons. The van der Waals surface area contributed by atoms with Gasteiger partial charge >= 0.3 is 0 Å². The molecule has 1 aliphatic carbocycles. The number of rotatable bonds is 3. The molecule has 0 N–H and O–H groups in total. The van der Waals surface area contributed by atoms with Gasteiger partial charge in [-0.2, -0.15) is 0 Å². The highest BCUT2D eigenvalue weighted by Gasteiger charge is 2.43. The predicted molar refractivity (Wildman–Crippen MR) is 68.2 cm³/mol. The summed E-state index contributed by atoms with van der Waals surface area (Å²) in [6.07, 6.45) is 4.58. The molecule has 1 aliphatic heterocycles. The Hall–Kier alpha value is -0.900. The van der Waals surface area contributed by atoms with E-state index in [4.69, 9.17) is 4.74 Å². The second-order valence-electron chi connectivity index (χ2n) is 5.89. The standard InChI is InChI=1S/C14H23NO3/c1-14(2,18-3)13(17)15-9-5-7-11(15)10-6-4-8-12(10)16/h10-11H,4-9H2,1-3H3. The number of carbonyl (C=O) groups excluding carboxylic acids is 2. The largest absolute Gasteiger partial charge is 0.369 e. The van der Waals surface area contributed by atoms with E-state index in [0.29, 0.717) is 12.2 Å². The first-order chi connectivity index (χ1) is 8.47. The van der Waals surface area contributed by atoms with Crippen LogP contribution in [0.5, 0.6) is 0 Å². The first kappa shape index (κ1) is 13.5. The molecule has 4 nitrogen and oxygen atoms in total. The zero-order valence-corrected chi connectivity index (χ0v) is 11.6. The third-order valence-corrected chi connectivity index (χ3v) is 4.40. The highest BCUT2D eigenvalue weighted by atomic mass is 16.5. The van der Waals surface area contributed by atoms with Crippen LogP contribution in [0.2, 0.25) is 0 Å². The van der Waals surface area contributed by atoms with Crippen LogP contribution < -0.4 is 0 Å². The van der Waals surface area contributed by atoms with Crippen LogP contribution in [0.3, 0.4) is 0 Å². The molecule has 2 aliphatic rings. The van der Waals surface area contributed by atoms with Crippen LogP contribution in [0, 0.1) is 5.92 Å². The van der Waals surface area contributed by atoms with Gasteiger partial charge in [0.2, 0.25) is 0 Å². The number of nitrogens with zero attached hydrogens (tertiary/aromatic N) is 1. The maximum atomic E-state index is 12.5. The van der Waals surface area contributed by atoms with Gasteiger partial charge in [0.1, 0.15) is 11.4 Å². The van der Waals surface area contributed by atoms with Gasteiger partial charge in [0.05, 0.1) is 0 Å². The molecule has 2 rings (SSSR count). The van der Waals surface area contributed by atoms with Crippen LogP contribution in [0.4, 0.5) is 0 Å². The molecule has 0 bridgehead atoms. The lowest BCUT2D eigenvalue weighted by Crippen LogP contribution is -2.50. The summed E-state index contributed by atoms with van der Waals surface area (Å²) in [5.74, 6) is 0.436. The van der Waals surface area contributed by atoms with Gasteiger partial charge in [-0.05, 0) is 39.5 Å². The molecular weight excluding hydrogens is 230 g/mol. The van der Waals surface area contributed by atoms with Crippen molar-refractivity contribution < 1.29 is 14.3 Å². The maximum absolute atomic E-state index is 12.5. The van der Waals surface area contributed by atoms with Crippen molar-refractivity contribution in [3.63, 3.8) is 0 Å². The van der Waals surface area contributed by atoms with E-state index < -0.39 is 5.60 Å². The molecule has 0 aromatic carbocycles. The molecule has 0 aromatic rings. The van der Waals surface area contributed by atoms with Crippen molar-refractivity contribution in [2.75, 3.05) is 13.7 Å². The van der Waals surface area contributed by atoms with E-state index in [0.717, 1.165) is 32.2 Å². The third kappa shape index (κ3) is 2.30. The molecule has 0 aromatic heterocycles. The molecule has 1 heterocycles. The molecule has 2 fully saturated rings. The van der Waals surface area contributed by atoms with Crippen molar-refractivity contribution in [3.05, 3.63) is 0 Å². The summed E-state index contributed by atoms with van der Waals surface area (Å²) < 4.78 is 5.27. The molecule has 18 heavy (non-hydrogen) atoms. The van der Waals surface area contributed by atoms with Crippen molar-refractivity contribution in [2.24, 2.45) is 5.92 Å². The summed E-state index contributed by atoms with van der Waals surface area (Å²) in [5.41, 5.74) is -0.787. The highest BCUT2D eigenvalue weighted by molar-refractivity contribution is 5.87. The van der Waals surface area contributed by atoms with E-state index in [1.54, 1.807) is 21.0 Å². The van der Waals surface area contributed by atoms with Gasteiger partial charge in [-0.25, -0.2) is 0 Å². The van der Waals surface area contributed by atoms with Gasteiger partial charge in [0.25, 0.3) is 5.91 Å². The van der Waals surface area contributed by atoms with E-state index >= 15 is 0 Å². The normalized spacial score (nSPS) is 29.1. The van der Waals surface area contributed by atoms with E-state index in [-0.39, 0.29) is 17.9 Å². The van der Waals surface area contributed by atoms with E-state index in [9.17, 15) is 9.59 Å². The molecule has 1 saturated heterocycles. The number of ether oxygens (including phenoxy) is 1. The fourth-order valence-corrected chi connectivity index (χ4v) is 3.15. The van der Waals surface area contributed by atoms with Crippen LogP contribution in [-0.2, 0) is 14.3 Å². The molecule has 0 spiro atoms. The van der Waals surface area contributed by atoms with Gasteiger partial charge in [-0.15, -0.1) is 0 Å². The summed E-state index contributed by atoms with van der Waals surface area (Å²) in [6, 6.07) is 0.113. The molecule has 1 amide bonds. The lowest BCUT2D eigenvalue weighted by atomic mass is 9.94.